The zero-order valence-corrected chi connectivity index (χ0v) is 12.3. The van der Waals surface area contributed by atoms with Crippen molar-refractivity contribution in [3.8, 4) is 5.75 Å². The van der Waals surface area contributed by atoms with Crippen molar-refractivity contribution in [3.63, 3.8) is 0 Å². The van der Waals surface area contributed by atoms with Crippen molar-refractivity contribution in [3.05, 3.63) is 29.3 Å². The molecular formula is C16H23NO2. The number of ether oxygens (including phenoxy) is 1. The highest BCUT2D eigenvalue weighted by molar-refractivity contribution is 5.94. The number of rotatable bonds is 4. The topological polar surface area (TPSA) is 29.5 Å². The molecule has 0 N–H and O–H groups in total. The minimum atomic E-state index is 0.101. The minimum Gasteiger partial charge on any atom is -0.496 e. The maximum atomic E-state index is 11.5. The number of Topliss-reactive ketones (excluding diaryl/α,β-unsaturated/α-hetero) is 1. The summed E-state index contributed by atoms with van der Waals surface area (Å²) < 4.78 is 5.42. The quantitative estimate of drug-likeness (QED) is 0.779. The van der Waals surface area contributed by atoms with Crippen molar-refractivity contribution in [2.75, 3.05) is 13.7 Å². The molecule has 0 aromatic heterocycles. The molecule has 1 aromatic rings. The Balaban J connectivity index is 2.27. The lowest BCUT2D eigenvalue weighted by atomic mass is 10.0. The Kier molecular flexibility index (Phi) is 3.95. The van der Waals surface area contributed by atoms with Crippen LogP contribution in [0.3, 0.4) is 0 Å². The van der Waals surface area contributed by atoms with Gasteiger partial charge in [0.05, 0.1) is 7.11 Å². The van der Waals surface area contributed by atoms with Crippen LogP contribution in [-0.4, -0.2) is 29.9 Å². The van der Waals surface area contributed by atoms with Gasteiger partial charge in [-0.2, -0.15) is 0 Å². The average Bonchev–Trinajstić information content (AvgIpc) is 2.68. The molecule has 0 bridgehead atoms. The summed E-state index contributed by atoms with van der Waals surface area (Å²) in [4.78, 5) is 14.0. The van der Waals surface area contributed by atoms with Crippen LogP contribution in [0.4, 0.5) is 0 Å². The second-order valence-electron chi connectivity index (χ2n) is 5.92. The van der Waals surface area contributed by atoms with Crippen LogP contribution in [0.25, 0.3) is 0 Å². The van der Waals surface area contributed by atoms with Crippen LogP contribution >= 0.6 is 0 Å². The number of methoxy groups -OCH3 is 1. The van der Waals surface area contributed by atoms with Crippen molar-refractivity contribution in [1.82, 2.24) is 4.90 Å². The summed E-state index contributed by atoms with van der Waals surface area (Å²) in [6, 6.07) is 5.70. The number of hydrogen-bond acceptors (Lipinski definition) is 3. The molecule has 0 radical (unpaired) electrons. The Morgan fingerprint density at radius 1 is 1.42 bits per heavy atom. The summed E-state index contributed by atoms with van der Waals surface area (Å²) in [5, 5.41) is 0. The van der Waals surface area contributed by atoms with Gasteiger partial charge in [-0.3, -0.25) is 9.69 Å². The Morgan fingerprint density at radius 2 is 2.16 bits per heavy atom. The van der Waals surface area contributed by atoms with Crippen molar-refractivity contribution in [2.45, 2.75) is 45.7 Å². The molecule has 1 heterocycles. The first-order valence-electron chi connectivity index (χ1n) is 6.87. The van der Waals surface area contributed by atoms with Crippen molar-refractivity contribution in [2.24, 2.45) is 0 Å². The molecule has 0 aliphatic carbocycles. The maximum Gasteiger partial charge on any atom is 0.159 e. The third-order valence-corrected chi connectivity index (χ3v) is 4.12. The molecule has 19 heavy (non-hydrogen) atoms. The Labute approximate surface area is 115 Å². The summed E-state index contributed by atoms with van der Waals surface area (Å²) in [7, 11) is 1.68. The normalized spacial score (nSPS) is 18.5. The molecule has 0 spiro atoms. The van der Waals surface area contributed by atoms with E-state index in [0.29, 0.717) is 0 Å². The summed E-state index contributed by atoms with van der Waals surface area (Å²) in [6.07, 6.45) is 2.46. The van der Waals surface area contributed by atoms with Gasteiger partial charge in [0.2, 0.25) is 0 Å². The van der Waals surface area contributed by atoms with Gasteiger partial charge in [0.15, 0.2) is 5.78 Å². The van der Waals surface area contributed by atoms with Gasteiger partial charge < -0.3 is 4.74 Å². The smallest absolute Gasteiger partial charge is 0.159 e. The highest BCUT2D eigenvalue weighted by atomic mass is 16.5. The molecule has 0 amide bonds. The lowest BCUT2D eigenvalue weighted by Crippen LogP contribution is -2.37. The number of likely N-dealkylation sites (tertiary alicyclic amines) is 1. The highest BCUT2D eigenvalue weighted by Gasteiger charge is 2.32. The van der Waals surface area contributed by atoms with E-state index in [1.165, 1.54) is 12.8 Å². The van der Waals surface area contributed by atoms with Crippen molar-refractivity contribution < 1.29 is 9.53 Å². The van der Waals surface area contributed by atoms with Crippen LogP contribution in [0.15, 0.2) is 18.2 Å². The number of ketones is 1. The van der Waals surface area contributed by atoms with Gasteiger partial charge in [-0.15, -0.1) is 0 Å². The van der Waals surface area contributed by atoms with Crippen molar-refractivity contribution in [1.29, 1.82) is 0 Å². The summed E-state index contributed by atoms with van der Waals surface area (Å²) >= 11 is 0. The predicted octanol–water partition coefficient (Wildman–Crippen LogP) is 3.27. The number of benzene rings is 1. The van der Waals surface area contributed by atoms with Crippen LogP contribution < -0.4 is 4.74 Å². The molecule has 1 aliphatic heterocycles. The SMILES string of the molecule is COc1ccc(C(C)=O)cc1CN1CCCC1(C)C. The fourth-order valence-electron chi connectivity index (χ4n) is 2.78. The largest absolute Gasteiger partial charge is 0.496 e. The van der Waals surface area contributed by atoms with E-state index in [-0.39, 0.29) is 11.3 Å². The first-order valence-corrected chi connectivity index (χ1v) is 6.87. The van der Waals surface area contributed by atoms with Gasteiger partial charge in [-0.05, 0) is 58.4 Å². The Bertz CT molecular complexity index is 480. The van der Waals surface area contributed by atoms with Crippen molar-refractivity contribution >= 4 is 5.78 Å². The number of carbonyl (C=O) groups excluding carboxylic acids is 1. The van der Waals surface area contributed by atoms with E-state index >= 15 is 0 Å². The monoisotopic (exact) mass is 261 g/mol. The third-order valence-electron chi connectivity index (χ3n) is 4.12. The van der Waals surface area contributed by atoms with Crippen LogP contribution in [0.1, 0.15) is 49.5 Å². The number of hydrogen-bond donors (Lipinski definition) is 0. The first-order chi connectivity index (χ1) is 8.94. The second-order valence-corrected chi connectivity index (χ2v) is 5.92. The molecule has 2 rings (SSSR count). The average molecular weight is 261 g/mol. The summed E-state index contributed by atoms with van der Waals surface area (Å²) in [5.41, 5.74) is 2.09. The lowest BCUT2D eigenvalue weighted by molar-refractivity contribution is 0.101. The molecule has 1 fully saturated rings. The van der Waals surface area contributed by atoms with E-state index in [2.05, 4.69) is 18.7 Å². The van der Waals surface area contributed by atoms with Crippen LogP contribution in [0.5, 0.6) is 5.75 Å². The van der Waals surface area contributed by atoms with Crippen LogP contribution in [0.2, 0.25) is 0 Å². The number of nitrogens with zero attached hydrogens (tertiary/aromatic N) is 1. The van der Waals surface area contributed by atoms with E-state index in [1.54, 1.807) is 14.0 Å². The molecule has 3 heteroatoms. The molecule has 0 atom stereocenters. The fourth-order valence-corrected chi connectivity index (χ4v) is 2.78. The van der Waals surface area contributed by atoms with Gasteiger partial charge in [-0.25, -0.2) is 0 Å². The zero-order chi connectivity index (χ0) is 14.0. The van der Waals surface area contributed by atoms with E-state index in [1.807, 2.05) is 18.2 Å². The Hall–Kier alpha value is -1.35. The van der Waals surface area contributed by atoms with E-state index in [4.69, 9.17) is 4.74 Å². The first kappa shape index (κ1) is 14.1. The zero-order valence-electron chi connectivity index (χ0n) is 12.3. The standard InChI is InChI=1S/C16H23NO2/c1-12(18)13-6-7-15(19-4)14(10-13)11-17-9-5-8-16(17,2)3/h6-7,10H,5,8-9,11H2,1-4H3. The van der Waals surface area contributed by atoms with Gasteiger partial charge in [0.1, 0.15) is 5.75 Å². The molecule has 0 unspecified atom stereocenters. The van der Waals surface area contributed by atoms with Crippen LogP contribution in [-0.2, 0) is 6.54 Å². The molecular weight excluding hydrogens is 238 g/mol. The molecule has 3 nitrogen and oxygen atoms in total. The lowest BCUT2D eigenvalue weighted by Gasteiger charge is -2.32. The summed E-state index contributed by atoms with van der Waals surface area (Å²) in [5.74, 6) is 0.970. The fraction of sp³-hybridized carbons (Fsp3) is 0.562. The molecule has 1 saturated heterocycles. The summed E-state index contributed by atoms with van der Waals surface area (Å²) in [6.45, 7) is 8.12. The van der Waals surface area contributed by atoms with E-state index in [0.717, 1.165) is 30.0 Å². The van der Waals surface area contributed by atoms with E-state index in [9.17, 15) is 4.79 Å². The molecule has 1 aromatic carbocycles. The predicted molar refractivity (Wildman–Crippen MR) is 76.7 cm³/mol. The van der Waals surface area contributed by atoms with Gasteiger partial charge in [0.25, 0.3) is 0 Å². The molecule has 1 aliphatic rings. The second kappa shape index (κ2) is 5.33. The maximum absolute atomic E-state index is 11.5. The number of carbonyl (C=O) groups is 1. The minimum absolute atomic E-state index is 0.101. The highest BCUT2D eigenvalue weighted by Crippen LogP contribution is 2.32. The van der Waals surface area contributed by atoms with Crippen LogP contribution in [0, 0.1) is 0 Å². The van der Waals surface area contributed by atoms with Gasteiger partial charge in [0, 0.05) is 23.2 Å². The Morgan fingerprint density at radius 3 is 2.68 bits per heavy atom. The van der Waals surface area contributed by atoms with E-state index < -0.39 is 0 Å². The van der Waals surface area contributed by atoms with Gasteiger partial charge in [-0.1, -0.05) is 0 Å². The molecule has 104 valence electrons. The molecule has 0 saturated carbocycles. The third kappa shape index (κ3) is 2.98. The van der Waals surface area contributed by atoms with Gasteiger partial charge >= 0.3 is 0 Å².